The third-order valence-corrected chi connectivity index (χ3v) is 5.86. The van der Waals surface area contributed by atoms with Crippen LogP contribution in [0.5, 0.6) is 0 Å². The van der Waals surface area contributed by atoms with Gasteiger partial charge in [-0.1, -0.05) is 63.2 Å². The second-order valence-corrected chi connectivity index (χ2v) is 10.5. The molecule has 160 valence electrons. The standard InChI is InChI=1S/C22H27N3O3S2/c1-22(2,3)15-23-19(13-16-9-11-18(12-10-16)25-30(26,27)28)21-24-20(14-29-21)17-7-5-4-6-8-17/h4-12,14,19,23,25H,13,15H2,1-3H3,(H,26,27,28)/t19-/m0/s1. The van der Waals surface area contributed by atoms with Crippen LogP contribution in [0.1, 0.15) is 37.4 Å². The Balaban J connectivity index is 1.80. The molecule has 3 aromatic rings. The molecule has 0 unspecified atom stereocenters. The highest BCUT2D eigenvalue weighted by molar-refractivity contribution is 7.87. The van der Waals surface area contributed by atoms with E-state index in [-0.39, 0.29) is 11.5 Å². The van der Waals surface area contributed by atoms with Gasteiger partial charge in [-0.15, -0.1) is 11.3 Å². The van der Waals surface area contributed by atoms with E-state index in [9.17, 15) is 8.42 Å². The molecule has 1 heterocycles. The summed E-state index contributed by atoms with van der Waals surface area (Å²) < 4.78 is 32.9. The molecule has 0 saturated carbocycles. The number of hydrogen-bond donors (Lipinski definition) is 3. The van der Waals surface area contributed by atoms with Crippen molar-refractivity contribution in [1.29, 1.82) is 0 Å². The number of benzene rings is 2. The van der Waals surface area contributed by atoms with Crippen molar-refractivity contribution in [2.45, 2.75) is 33.2 Å². The summed E-state index contributed by atoms with van der Waals surface area (Å²) in [5.74, 6) is 0. The molecular formula is C22H27N3O3S2. The van der Waals surface area contributed by atoms with E-state index >= 15 is 0 Å². The van der Waals surface area contributed by atoms with Crippen molar-refractivity contribution in [3.05, 3.63) is 70.5 Å². The Labute approximate surface area is 182 Å². The van der Waals surface area contributed by atoms with Gasteiger partial charge in [0.1, 0.15) is 5.01 Å². The molecule has 2 aromatic carbocycles. The minimum absolute atomic E-state index is 0.0343. The monoisotopic (exact) mass is 445 g/mol. The number of thiazole rings is 1. The minimum atomic E-state index is -4.28. The van der Waals surface area contributed by atoms with Gasteiger partial charge in [0.05, 0.1) is 17.4 Å². The quantitative estimate of drug-likeness (QED) is 0.427. The first-order valence-corrected chi connectivity index (χ1v) is 12.0. The largest absolute Gasteiger partial charge is 0.357 e. The van der Waals surface area contributed by atoms with E-state index in [4.69, 9.17) is 9.54 Å². The van der Waals surface area contributed by atoms with Gasteiger partial charge in [0, 0.05) is 17.5 Å². The average Bonchev–Trinajstić information content (AvgIpc) is 3.15. The van der Waals surface area contributed by atoms with Gasteiger partial charge in [0.25, 0.3) is 0 Å². The first-order chi connectivity index (χ1) is 14.1. The first-order valence-electron chi connectivity index (χ1n) is 9.67. The highest BCUT2D eigenvalue weighted by Crippen LogP contribution is 2.28. The van der Waals surface area contributed by atoms with Crippen LogP contribution in [0.4, 0.5) is 5.69 Å². The zero-order valence-electron chi connectivity index (χ0n) is 17.3. The summed E-state index contributed by atoms with van der Waals surface area (Å²) in [7, 11) is -4.28. The predicted octanol–water partition coefficient (Wildman–Crippen LogP) is 4.94. The molecule has 0 radical (unpaired) electrons. The Kier molecular flexibility index (Phi) is 6.92. The van der Waals surface area contributed by atoms with E-state index in [1.807, 2.05) is 30.3 Å². The molecule has 0 fully saturated rings. The van der Waals surface area contributed by atoms with Gasteiger partial charge in [-0.3, -0.25) is 9.27 Å². The van der Waals surface area contributed by atoms with Crippen molar-refractivity contribution in [3.63, 3.8) is 0 Å². The number of aromatic nitrogens is 1. The molecule has 6 nitrogen and oxygen atoms in total. The number of nitrogens with zero attached hydrogens (tertiary/aromatic N) is 1. The van der Waals surface area contributed by atoms with Crippen LogP contribution in [0.2, 0.25) is 0 Å². The molecule has 0 aliphatic carbocycles. The summed E-state index contributed by atoms with van der Waals surface area (Å²) in [4.78, 5) is 4.87. The third kappa shape index (κ3) is 6.91. The van der Waals surface area contributed by atoms with E-state index in [1.165, 1.54) is 0 Å². The zero-order chi connectivity index (χ0) is 21.8. The van der Waals surface area contributed by atoms with Crippen molar-refractivity contribution in [2.75, 3.05) is 11.3 Å². The van der Waals surface area contributed by atoms with Crippen LogP contribution < -0.4 is 10.0 Å². The second kappa shape index (κ2) is 9.26. The average molecular weight is 446 g/mol. The van der Waals surface area contributed by atoms with E-state index in [0.717, 1.165) is 28.4 Å². The summed E-state index contributed by atoms with van der Waals surface area (Å²) in [6.07, 6.45) is 0.712. The Bertz CT molecular complexity index is 1060. The SMILES string of the molecule is CC(C)(C)CN[C@@H](Cc1ccc(NS(=O)(=O)O)cc1)c1nc(-c2ccccc2)cs1. The molecule has 1 atom stereocenters. The number of rotatable bonds is 8. The van der Waals surface area contributed by atoms with Crippen LogP contribution in [0, 0.1) is 5.41 Å². The van der Waals surface area contributed by atoms with Crippen LogP contribution in [0.3, 0.4) is 0 Å². The molecule has 0 saturated heterocycles. The maximum Gasteiger partial charge on any atom is 0.357 e. The summed E-state index contributed by atoms with van der Waals surface area (Å²) >= 11 is 1.64. The van der Waals surface area contributed by atoms with Gasteiger partial charge >= 0.3 is 10.3 Å². The van der Waals surface area contributed by atoms with Gasteiger partial charge < -0.3 is 5.32 Å². The predicted molar refractivity (Wildman–Crippen MR) is 123 cm³/mol. The summed E-state index contributed by atoms with van der Waals surface area (Å²) in [6, 6.07) is 17.1. The zero-order valence-corrected chi connectivity index (χ0v) is 18.9. The summed E-state index contributed by atoms with van der Waals surface area (Å²) in [6.45, 7) is 7.39. The summed E-state index contributed by atoms with van der Waals surface area (Å²) in [5.41, 5.74) is 3.54. The van der Waals surface area contributed by atoms with Crippen molar-refractivity contribution in [3.8, 4) is 11.3 Å². The molecule has 0 spiro atoms. The number of hydrogen-bond acceptors (Lipinski definition) is 5. The maximum absolute atomic E-state index is 11.0. The molecule has 3 N–H and O–H groups in total. The smallest absolute Gasteiger partial charge is 0.307 e. The van der Waals surface area contributed by atoms with Crippen LogP contribution in [0.25, 0.3) is 11.3 Å². The molecule has 1 aromatic heterocycles. The molecule has 0 amide bonds. The molecule has 0 aliphatic rings. The van der Waals surface area contributed by atoms with Crippen molar-refractivity contribution < 1.29 is 13.0 Å². The van der Waals surface area contributed by atoms with E-state index < -0.39 is 10.3 Å². The fraction of sp³-hybridized carbons (Fsp3) is 0.318. The Hall–Kier alpha value is -2.26. The Morgan fingerprint density at radius 1 is 1.07 bits per heavy atom. The number of nitrogens with one attached hydrogen (secondary N) is 2. The second-order valence-electron chi connectivity index (χ2n) is 8.41. The third-order valence-electron chi connectivity index (χ3n) is 4.41. The molecule has 8 heteroatoms. The number of anilines is 1. The maximum atomic E-state index is 11.0. The van der Waals surface area contributed by atoms with Crippen LogP contribution in [-0.2, 0) is 16.7 Å². The van der Waals surface area contributed by atoms with Gasteiger partial charge in [-0.05, 0) is 29.5 Å². The van der Waals surface area contributed by atoms with Crippen LogP contribution in [0.15, 0.2) is 60.0 Å². The minimum Gasteiger partial charge on any atom is -0.307 e. The van der Waals surface area contributed by atoms with E-state index in [2.05, 4.69) is 48.3 Å². The van der Waals surface area contributed by atoms with Crippen LogP contribution in [-0.4, -0.2) is 24.5 Å². The Morgan fingerprint density at radius 2 is 1.73 bits per heavy atom. The fourth-order valence-corrected chi connectivity index (χ4v) is 4.30. The lowest BCUT2D eigenvalue weighted by atomic mass is 9.96. The van der Waals surface area contributed by atoms with Crippen molar-refractivity contribution in [1.82, 2.24) is 10.3 Å². The molecule has 30 heavy (non-hydrogen) atoms. The van der Waals surface area contributed by atoms with Gasteiger partial charge in [-0.2, -0.15) is 8.42 Å². The van der Waals surface area contributed by atoms with Gasteiger partial charge in [0.2, 0.25) is 0 Å². The van der Waals surface area contributed by atoms with E-state index in [0.29, 0.717) is 12.1 Å². The van der Waals surface area contributed by atoms with E-state index in [1.54, 1.807) is 23.5 Å². The molecule has 3 rings (SSSR count). The normalized spacial score (nSPS) is 13.2. The molecular weight excluding hydrogens is 418 g/mol. The van der Waals surface area contributed by atoms with Gasteiger partial charge in [-0.25, -0.2) is 4.98 Å². The highest BCUT2D eigenvalue weighted by atomic mass is 32.2. The first kappa shape index (κ1) is 22.4. The van der Waals surface area contributed by atoms with Crippen molar-refractivity contribution >= 4 is 27.3 Å². The van der Waals surface area contributed by atoms with Crippen LogP contribution >= 0.6 is 11.3 Å². The van der Waals surface area contributed by atoms with Gasteiger partial charge in [0.15, 0.2) is 0 Å². The highest BCUT2D eigenvalue weighted by Gasteiger charge is 2.20. The molecule has 0 bridgehead atoms. The lowest BCUT2D eigenvalue weighted by Gasteiger charge is -2.24. The summed E-state index contributed by atoms with van der Waals surface area (Å²) in [5, 5.41) is 6.73. The Morgan fingerprint density at radius 3 is 2.33 bits per heavy atom. The lowest BCUT2D eigenvalue weighted by molar-refractivity contribution is 0.351. The topological polar surface area (TPSA) is 91.3 Å². The lowest BCUT2D eigenvalue weighted by Crippen LogP contribution is -2.31. The fourth-order valence-electron chi connectivity index (χ4n) is 2.96. The van der Waals surface area contributed by atoms with Crippen molar-refractivity contribution in [2.24, 2.45) is 5.41 Å². The molecule has 0 aliphatic heterocycles.